The van der Waals surface area contributed by atoms with Crippen LogP contribution in [0.3, 0.4) is 0 Å². The van der Waals surface area contributed by atoms with Crippen LogP contribution >= 0.6 is 0 Å². The molecule has 1 aromatic rings. The van der Waals surface area contributed by atoms with Crippen molar-refractivity contribution in [2.45, 2.75) is 19.8 Å². The Morgan fingerprint density at radius 3 is 2.75 bits per heavy atom. The molecule has 0 radical (unpaired) electrons. The van der Waals surface area contributed by atoms with Gasteiger partial charge in [0.1, 0.15) is 5.69 Å². The van der Waals surface area contributed by atoms with E-state index in [0.717, 1.165) is 17.1 Å². The van der Waals surface area contributed by atoms with Crippen molar-refractivity contribution >= 4 is 5.70 Å². The van der Waals surface area contributed by atoms with Crippen molar-refractivity contribution in [3.05, 3.63) is 24.0 Å². The van der Waals surface area contributed by atoms with Crippen molar-refractivity contribution in [1.82, 2.24) is 15.5 Å². The Labute approximate surface area is 72.9 Å². The molecule has 3 heteroatoms. The monoisotopic (exact) mass is 165 g/mol. The van der Waals surface area contributed by atoms with Crippen LogP contribution in [0.5, 0.6) is 0 Å². The van der Waals surface area contributed by atoms with Gasteiger partial charge in [0.05, 0.1) is 5.70 Å². The van der Waals surface area contributed by atoms with Crippen molar-refractivity contribution < 1.29 is 0 Å². The van der Waals surface area contributed by atoms with E-state index in [0.29, 0.717) is 5.92 Å². The van der Waals surface area contributed by atoms with Crippen LogP contribution in [0.1, 0.15) is 31.2 Å². The molecule has 0 saturated carbocycles. The average molecular weight is 165 g/mol. The zero-order valence-corrected chi connectivity index (χ0v) is 7.81. The van der Waals surface area contributed by atoms with E-state index in [1.54, 1.807) is 0 Å². The van der Waals surface area contributed by atoms with E-state index < -0.39 is 0 Å². The Morgan fingerprint density at radius 2 is 2.33 bits per heavy atom. The second-order valence-electron chi connectivity index (χ2n) is 3.09. The lowest BCUT2D eigenvalue weighted by Gasteiger charge is -1.98. The van der Waals surface area contributed by atoms with Crippen LogP contribution in [0.2, 0.25) is 0 Å². The molecule has 0 aliphatic rings. The zero-order valence-electron chi connectivity index (χ0n) is 7.81. The van der Waals surface area contributed by atoms with Crippen molar-refractivity contribution in [2.24, 2.45) is 0 Å². The second-order valence-corrected chi connectivity index (χ2v) is 3.09. The summed E-state index contributed by atoms with van der Waals surface area (Å²) in [5.41, 5.74) is 2.88. The molecule has 0 aliphatic carbocycles. The van der Waals surface area contributed by atoms with Gasteiger partial charge in [-0.25, -0.2) is 0 Å². The number of aromatic nitrogens is 2. The number of hydrogen-bond donors (Lipinski definition) is 2. The van der Waals surface area contributed by atoms with Crippen LogP contribution in [0.25, 0.3) is 5.70 Å². The molecule has 3 nitrogen and oxygen atoms in total. The molecular formula is C9H15N3. The summed E-state index contributed by atoms with van der Waals surface area (Å²) in [6.45, 7) is 8.07. The maximum absolute atomic E-state index is 4.12. The second kappa shape index (κ2) is 3.43. The predicted octanol–water partition coefficient (Wildman–Crippen LogP) is 1.72. The lowest BCUT2D eigenvalue weighted by Crippen LogP contribution is -2.02. The molecule has 0 saturated heterocycles. The van der Waals surface area contributed by atoms with Crippen LogP contribution in [0.15, 0.2) is 12.6 Å². The van der Waals surface area contributed by atoms with Gasteiger partial charge in [-0.2, -0.15) is 5.10 Å². The van der Waals surface area contributed by atoms with Gasteiger partial charge in [0.2, 0.25) is 0 Å². The van der Waals surface area contributed by atoms with Crippen LogP contribution in [0, 0.1) is 0 Å². The Bertz CT molecular complexity index is 273. The molecule has 0 fully saturated rings. The highest BCUT2D eigenvalue weighted by Crippen LogP contribution is 2.14. The molecule has 0 unspecified atom stereocenters. The van der Waals surface area contributed by atoms with Crippen molar-refractivity contribution in [3.8, 4) is 0 Å². The smallest absolute Gasteiger partial charge is 0.108 e. The van der Waals surface area contributed by atoms with E-state index in [1.165, 1.54) is 0 Å². The largest absolute Gasteiger partial charge is 0.387 e. The Balaban J connectivity index is 2.84. The van der Waals surface area contributed by atoms with Gasteiger partial charge in [-0.15, -0.1) is 0 Å². The first kappa shape index (κ1) is 8.84. The molecule has 0 amide bonds. The third-order valence-electron chi connectivity index (χ3n) is 1.83. The maximum Gasteiger partial charge on any atom is 0.108 e. The van der Waals surface area contributed by atoms with E-state index in [2.05, 4.69) is 35.9 Å². The molecule has 2 N–H and O–H groups in total. The molecule has 0 aromatic carbocycles. The fourth-order valence-corrected chi connectivity index (χ4v) is 0.915. The number of nitrogens with zero attached hydrogens (tertiary/aromatic N) is 1. The highest BCUT2D eigenvalue weighted by atomic mass is 15.1. The molecule has 0 atom stereocenters. The Kier molecular flexibility index (Phi) is 2.53. The summed E-state index contributed by atoms with van der Waals surface area (Å²) in [4.78, 5) is 0. The van der Waals surface area contributed by atoms with Crippen LogP contribution < -0.4 is 5.32 Å². The first-order valence-electron chi connectivity index (χ1n) is 4.07. The van der Waals surface area contributed by atoms with E-state index >= 15 is 0 Å². The quantitative estimate of drug-likeness (QED) is 0.716. The van der Waals surface area contributed by atoms with Crippen molar-refractivity contribution in [2.75, 3.05) is 7.05 Å². The summed E-state index contributed by atoms with van der Waals surface area (Å²) in [7, 11) is 1.84. The highest BCUT2D eigenvalue weighted by Gasteiger charge is 2.05. The summed E-state index contributed by atoms with van der Waals surface area (Å²) >= 11 is 0. The van der Waals surface area contributed by atoms with Gasteiger partial charge in [-0.3, -0.25) is 5.10 Å². The molecule has 12 heavy (non-hydrogen) atoms. The highest BCUT2D eigenvalue weighted by molar-refractivity contribution is 5.57. The van der Waals surface area contributed by atoms with Crippen LogP contribution in [-0.4, -0.2) is 17.2 Å². The van der Waals surface area contributed by atoms with Gasteiger partial charge < -0.3 is 5.32 Å². The van der Waals surface area contributed by atoms with E-state index in [1.807, 2.05) is 13.1 Å². The number of rotatable bonds is 3. The minimum atomic E-state index is 0.482. The summed E-state index contributed by atoms with van der Waals surface area (Å²) in [6.07, 6.45) is 0. The van der Waals surface area contributed by atoms with Crippen molar-refractivity contribution in [3.63, 3.8) is 0 Å². The standard InChI is InChI=1S/C9H15N3/c1-6(2)8-5-9(12-11-8)7(3)10-4/h5-6,10H,3H2,1-2,4H3,(H,11,12). The summed E-state index contributed by atoms with van der Waals surface area (Å²) < 4.78 is 0. The summed E-state index contributed by atoms with van der Waals surface area (Å²) in [6, 6.07) is 2.02. The Hall–Kier alpha value is -1.25. The maximum atomic E-state index is 4.12. The van der Waals surface area contributed by atoms with Gasteiger partial charge in [-0.05, 0) is 12.0 Å². The van der Waals surface area contributed by atoms with E-state index in [-0.39, 0.29) is 0 Å². The fourth-order valence-electron chi connectivity index (χ4n) is 0.915. The van der Waals surface area contributed by atoms with Crippen LogP contribution in [0.4, 0.5) is 0 Å². The number of H-pyrrole nitrogens is 1. The van der Waals surface area contributed by atoms with Gasteiger partial charge in [0, 0.05) is 12.7 Å². The third-order valence-corrected chi connectivity index (χ3v) is 1.83. The molecule has 0 spiro atoms. The van der Waals surface area contributed by atoms with E-state index in [9.17, 15) is 0 Å². The zero-order chi connectivity index (χ0) is 9.14. The summed E-state index contributed by atoms with van der Waals surface area (Å²) in [5, 5.41) is 10.0. The SMILES string of the molecule is C=C(NC)c1cc(C(C)C)[nH]n1. The van der Waals surface area contributed by atoms with Gasteiger partial charge in [0.25, 0.3) is 0 Å². The van der Waals surface area contributed by atoms with Gasteiger partial charge in [0.15, 0.2) is 0 Å². The van der Waals surface area contributed by atoms with Crippen molar-refractivity contribution in [1.29, 1.82) is 0 Å². The lowest BCUT2D eigenvalue weighted by atomic mass is 10.1. The third kappa shape index (κ3) is 1.67. The lowest BCUT2D eigenvalue weighted by molar-refractivity contribution is 0.810. The molecule has 66 valence electrons. The molecule has 0 aliphatic heterocycles. The fraction of sp³-hybridized carbons (Fsp3) is 0.444. The van der Waals surface area contributed by atoms with E-state index in [4.69, 9.17) is 0 Å². The topological polar surface area (TPSA) is 40.7 Å². The molecule has 0 bridgehead atoms. The van der Waals surface area contributed by atoms with Gasteiger partial charge in [-0.1, -0.05) is 20.4 Å². The first-order valence-corrected chi connectivity index (χ1v) is 4.07. The number of hydrogen-bond acceptors (Lipinski definition) is 2. The van der Waals surface area contributed by atoms with Crippen LogP contribution in [-0.2, 0) is 0 Å². The number of aromatic amines is 1. The molecule has 1 aromatic heterocycles. The summed E-state index contributed by atoms with van der Waals surface area (Å²) in [5.74, 6) is 0.482. The number of nitrogens with one attached hydrogen (secondary N) is 2. The minimum Gasteiger partial charge on any atom is -0.387 e. The molecule has 1 rings (SSSR count). The predicted molar refractivity (Wildman–Crippen MR) is 50.8 cm³/mol. The normalized spacial score (nSPS) is 10.3. The van der Waals surface area contributed by atoms with Gasteiger partial charge >= 0.3 is 0 Å². The first-order chi connectivity index (χ1) is 5.65. The average Bonchev–Trinajstić information content (AvgIpc) is 2.51. The minimum absolute atomic E-state index is 0.482. The molecule has 1 heterocycles. The Morgan fingerprint density at radius 1 is 1.67 bits per heavy atom. The molecular weight excluding hydrogens is 150 g/mol.